The lowest BCUT2D eigenvalue weighted by Gasteiger charge is -2.19. The second-order valence-corrected chi connectivity index (χ2v) is 5.94. The van der Waals surface area contributed by atoms with Crippen LogP contribution < -0.4 is 5.56 Å². The molecule has 124 valence electrons. The molecule has 0 radical (unpaired) electrons. The van der Waals surface area contributed by atoms with Gasteiger partial charge in [0.15, 0.2) is 0 Å². The van der Waals surface area contributed by atoms with E-state index in [4.69, 9.17) is 0 Å². The van der Waals surface area contributed by atoms with Gasteiger partial charge in [0.2, 0.25) is 0 Å². The summed E-state index contributed by atoms with van der Waals surface area (Å²) in [5.41, 5.74) is 0.172. The molecule has 1 N–H and O–H groups in total. The van der Waals surface area contributed by atoms with E-state index in [1.807, 2.05) is 13.8 Å². The average Bonchev–Trinajstić information content (AvgIpc) is 2.84. The molecule has 0 atom stereocenters. The number of rotatable bonds is 4. The predicted octanol–water partition coefficient (Wildman–Crippen LogP) is 1.15. The third-order valence-corrected chi connectivity index (χ3v) is 3.93. The van der Waals surface area contributed by atoms with Crippen molar-refractivity contribution in [1.29, 1.82) is 0 Å². The number of imide groups is 1. The van der Waals surface area contributed by atoms with Gasteiger partial charge in [-0.25, -0.2) is 4.98 Å². The number of carbonyl (C=O) groups excluding carboxylic acids is 2. The van der Waals surface area contributed by atoms with Gasteiger partial charge in [0.05, 0.1) is 10.9 Å². The zero-order valence-corrected chi connectivity index (χ0v) is 13.4. The maximum Gasteiger partial charge on any atom is 0.261 e. The Morgan fingerprint density at radius 1 is 1.08 bits per heavy atom. The molecule has 0 bridgehead atoms. The first-order valence-corrected chi connectivity index (χ1v) is 7.65. The highest BCUT2D eigenvalue weighted by molar-refractivity contribution is 6.12. The third kappa shape index (κ3) is 2.68. The molecular formula is C17H17N3O4. The van der Waals surface area contributed by atoms with E-state index in [9.17, 15) is 19.5 Å². The fraction of sp³-hybridized carbons (Fsp3) is 0.294. The van der Waals surface area contributed by atoms with Gasteiger partial charge in [-0.1, -0.05) is 13.8 Å². The standard InChI is InChI=1S/C17H17N3O4/c1-10(2)16-18-13-9-11(21)3-4-12(13)17(24)20(16)8-7-19-14(22)5-6-15(19)23/h3-6,9-10,21H,7-8H2,1-2H3. The predicted molar refractivity (Wildman–Crippen MR) is 87.6 cm³/mol. The van der Waals surface area contributed by atoms with Crippen LogP contribution in [0.25, 0.3) is 10.9 Å². The highest BCUT2D eigenvalue weighted by Gasteiger charge is 2.24. The second kappa shape index (κ2) is 5.92. The fourth-order valence-corrected chi connectivity index (χ4v) is 2.73. The Labute approximate surface area is 137 Å². The van der Waals surface area contributed by atoms with Crippen LogP contribution in [0.3, 0.4) is 0 Å². The van der Waals surface area contributed by atoms with Crippen molar-refractivity contribution in [2.45, 2.75) is 26.3 Å². The van der Waals surface area contributed by atoms with Gasteiger partial charge in [0.1, 0.15) is 11.6 Å². The van der Waals surface area contributed by atoms with E-state index in [0.717, 1.165) is 4.90 Å². The number of aromatic nitrogens is 2. The summed E-state index contributed by atoms with van der Waals surface area (Å²) in [7, 11) is 0. The lowest BCUT2D eigenvalue weighted by atomic mass is 10.1. The minimum absolute atomic E-state index is 0.0347. The molecule has 0 aliphatic carbocycles. The van der Waals surface area contributed by atoms with E-state index in [1.54, 1.807) is 0 Å². The summed E-state index contributed by atoms with van der Waals surface area (Å²) in [5.74, 6) is -0.200. The molecule has 3 rings (SSSR count). The number of aromatic hydroxyl groups is 1. The van der Waals surface area contributed by atoms with Crippen LogP contribution in [-0.4, -0.2) is 37.9 Å². The van der Waals surface area contributed by atoms with Crippen molar-refractivity contribution >= 4 is 22.7 Å². The topological polar surface area (TPSA) is 92.5 Å². The zero-order chi connectivity index (χ0) is 17.4. The minimum atomic E-state index is -0.377. The van der Waals surface area contributed by atoms with Crippen molar-refractivity contribution in [3.8, 4) is 5.75 Å². The molecule has 1 aromatic carbocycles. The smallest absolute Gasteiger partial charge is 0.261 e. The van der Waals surface area contributed by atoms with Crippen molar-refractivity contribution in [2.75, 3.05) is 6.54 Å². The van der Waals surface area contributed by atoms with Crippen LogP contribution in [0.5, 0.6) is 5.75 Å². The summed E-state index contributed by atoms with van der Waals surface area (Å²) in [6, 6.07) is 4.40. The fourth-order valence-electron chi connectivity index (χ4n) is 2.73. The Kier molecular flexibility index (Phi) is 3.92. The Balaban J connectivity index is 2.02. The van der Waals surface area contributed by atoms with Gasteiger partial charge in [-0.2, -0.15) is 0 Å². The van der Waals surface area contributed by atoms with Gasteiger partial charge in [0.25, 0.3) is 17.4 Å². The number of phenols is 1. The van der Waals surface area contributed by atoms with Crippen molar-refractivity contribution in [3.05, 3.63) is 46.5 Å². The molecule has 24 heavy (non-hydrogen) atoms. The average molecular weight is 327 g/mol. The quantitative estimate of drug-likeness (QED) is 0.851. The van der Waals surface area contributed by atoms with Crippen LogP contribution in [0.4, 0.5) is 0 Å². The Morgan fingerprint density at radius 2 is 1.75 bits per heavy atom. The van der Waals surface area contributed by atoms with E-state index < -0.39 is 0 Å². The van der Waals surface area contributed by atoms with Gasteiger partial charge >= 0.3 is 0 Å². The van der Waals surface area contributed by atoms with E-state index in [-0.39, 0.29) is 42.1 Å². The molecule has 0 saturated carbocycles. The molecule has 1 aliphatic rings. The summed E-state index contributed by atoms with van der Waals surface area (Å²) in [5, 5.41) is 9.97. The van der Waals surface area contributed by atoms with Crippen LogP contribution in [0.15, 0.2) is 35.1 Å². The van der Waals surface area contributed by atoms with Gasteiger partial charge in [-0.05, 0) is 12.1 Å². The largest absolute Gasteiger partial charge is 0.508 e. The maximum absolute atomic E-state index is 12.8. The van der Waals surface area contributed by atoms with E-state index in [2.05, 4.69) is 4.98 Å². The highest BCUT2D eigenvalue weighted by Crippen LogP contribution is 2.19. The number of hydrogen-bond acceptors (Lipinski definition) is 5. The number of benzene rings is 1. The van der Waals surface area contributed by atoms with Crippen molar-refractivity contribution in [1.82, 2.24) is 14.5 Å². The molecular weight excluding hydrogens is 310 g/mol. The second-order valence-electron chi connectivity index (χ2n) is 5.94. The number of phenolic OH excluding ortho intramolecular Hbond substituents is 1. The van der Waals surface area contributed by atoms with Gasteiger partial charge in [-0.15, -0.1) is 0 Å². The third-order valence-electron chi connectivity index (χ3n) is 3.93. The molecule has 7 nitrogen and oxygen atoms in total. The molecule has 0 saturated heterocycles. The van der Waals surface area contributed by atoms with Gasteiger partial charge in [0, 0.05) is 37.2 Å². The molecule has 1 aliphatic heterocycles. The summed E-state index contributed by atoms with van der Waals surface area (Å²) in [6.45, 7) is 4.09. The summed E-state index contributed by atoms with van der Waals surface area (Å²) >= 11 is 0. The maximum atomic E-state index is 12.8. The first-order chi connectivity index (χ1) is 11.4. The van der Waals surface area contributed by atoms with Crippen LogP contribution in [0.1, 0.15) is 25.6 Å². The molecule has 1 aromatic heterocycles. The van der Waals surface area contributed by atoms with Gasteiger partial charge < -0.3 is 5.11 Å². The molecule has 2 aromatic rings. The van der Waals surface area contributed by atoms with Crippen molar-refractivity contribution in [3.63, 3.8) is 0 Å². The van der Waals surface area contributed by atoms with Crippen LogP contribution in [0.2, 0.25) is 0 Å². The Morgan fingerprint density at radius 3 is 2.38 bits per heavy atom. The molecule has 2 amide bonds. The van der Waals surface area contributed by atoms with E-state index in [0.29, 0.717) is 16.7 Å². The first kappa shape index (κ1) is 15.9. The van der Waals surface area contributed by atoms with Crippen molar-refractivity contribution < 1.29 is 14.7 Å². The zero-order valence-electron chi connectivity index (χ0n) is 13.4. The van der Waals surface area contributed by atoms with E-state index >= 15 is 0 Å². The van der Waals surface area contributed by atoms with Crippen LogP contribution in [-0.2, 0) is 16.1 Å². The Bertz CT molecular complexity index is 909. The molecule has 0 unspecified atom stereocenters. The van der Waals surface area contributed by atoms with Crippen molar-refractivity contribution in [2.24, 2.45) is 0 Å². The van der Waals surface area contributed by atoms with Gasteiger partial charge in [-0.3, -0.25) is 23.9 Å². The molecule has 7 heteroatoms. The molecule has 0 spiro atoms. The lowest BCUT2D eigenvalue weighted by Crippen LogP contribution is -2.36. The van der Waals surface area contributed by atoms with Crippen LogP contribution >= 0.6 is 0 Å². The SMILES string of the molecule is CC(C)c1nc2cc(O)ccc2c(=O)n1CCN1C(=O)C=CC1=O. The minimum Gasteiger partial charge on any atom is -0.508 e. The number of fused-ring (bicyclic) bond motifs is 1. The number of carbonyl (C=O) groups is 2. The summed E-state index contributed by atoms with van der Waals surface area (Å²) in [4.78, 5) is 41.6. The van der Waals surface area contributed by atoms with E-state index in [1.165, 1.54) is 34.9 Å². The Hall–Kier alpha value is -2.96. The number of hydrogen-bond donors (Lipinski definition) is 1. The number of nitrogens with zero attached hydrogens (tertiary/aromatic N) is 3. The monoisotopic (exact) mass is 327 g/mol. The highest BCUT2D eigenvalue weighted by atomic mass is 16.3. The molecule has 2 heterocycles. The van der Waals surface area contributed by atoms with Crippen LogP contribution in [0, 0.1) is 0 Å². The molecule has 0 fully saturated rings. The number of amides is 2. The summed E-state index contributed by atoms with van der Waals surface area (Å²) in [6.07, 6.45) is 2.44. The summed E-state index contributed by atoms with van der Waals surface area (Å²) < 4.78 is 1.49. The normalized spacial score (nSPS) is 14.4. The lowest BCUT2D eigenvalue weighted by molar-refractivity contribution is -0.136. The first-order valence-electron chi connectivity index (χ1n) is 7.65.